The van der Waals surface area contributed by atoms with Gasteiger partial charge in [-0.25, -0.2) is 0 Å². The Morgan fingerprint density at radius 2 is 2.25 bits per heavy atom. The summed E-state index contributed by atoms with van der Waals surface area (Å²) in [5.74, 6) is 1.24. The van der Waals surface area contributed by atoms with Crippen molar-refractivity contribution in [1.82, 2.24) is 5.32 Å². The summed E-state index contributed by atoms with van der Waals surface area (Å²) in [6.45, 7) is 2.43. The first kappa shape index (κ1) is 14.9. The molecule has 2 rings (SSSR count). The molecule has 1 N–H and O–H groups in total. The van der Waals surface area contributed by atoms with Crippen LogP contribution < -0.4 is 10.1 Å². The summed E-state index contributed by atoms with van der Waals surface area (Å²) in [6.07, 6.45) is 2.96. The molecule has 4 heteroatoms. The van der Waals surface area contributed by atoms with E-state index in [1.54, 1.807) is 21.1 Å². The van der Waals surface area contributed by atoms with Gasteiger partial charge in [-0.05, 0) is 49.4 Å². The Balaban J connectivity index is 2.03. The summed E-state index contributed by atoms with van der Waals surface area (Å²) in [5.41, 5.74) is 2.68. The number of hydrogen-bond donors (Lipinski definition) is 1. The van der Waals surface area contributed by atoms with Crippen molar-refractivity contribution in [3.63, 3.8) is 0 Å². The van der Waals surface area contributed by atoms with Crippen LogP contribution in [0.3, 0.4) is 0 Å². The van der Waals surface area contributed by atoms with E-state index in [1.807, 2.05) is 6.07 Å². The highest BCUT2D eigenvalue weighted by molar-refractivity contribution is 5.80. The lowest BCUT2D eigenvalue weighted by Crippen LogP contribution is -2.37. The van der Waals surface area contributed by atoms with Gasteiger partial charge in [0.1, 0.15) is 11.9 Å². The summed E-state index contributed by atoms with van der Waals surface area (Å²) < 4.78 is 10.3. The first-order chi connectivity index (χ1) is 9.65. The third-order valence-corrected chi connectivity index (χ3v) is 4.03. The molecule has 0 aromatic heterocycles. The zero-order valence-corrected chi connectivity index (χ0v) is 12.4. The van der Waals surface area contributed by atoms with Crippen molar-refractivity contribution in [2.75, 3.05) is 20.8 Å². The number of fused-ring (bicyclic) bond motifs is 1. The quantitative estimate of drug-likeness (QED) is 0.898. The number of nitrogens with one attached hydrogen (secondary N) is 1. The average Bonchev–Trinajstić information content (AvgIpc) is 2.50. The fraction of sp³-hybridized carbons (Fsp3) is 0.562. The third-order valence-electron chi connectivity index (χ3n) is 4.03. The van der Waals surface area contributed by atoms with Gasteiger partial charge in [-0.1, -0.05) is 6.07 Å². The second-order valence-corrected chi connectivity index (χ2v) is 5.28. The molecule has 4 nitrogen and oxygen atoms in total. The molecule has 0 unspecified atom stereocenters. The lowest BCUT2D eigenvalue weighted by molar-refractivity contribution is -0.130. The minimum atomic E-state index is -0.395. The first-order valence-corrected chi connectivity index (χ1v) is 7.13. The van der Waals surface area contributed by atoms with Crippen molar-refractivity contribution >= 4 is 5.91 Å². The van der Waals surface area contributed by atoms with Crippen LogP contribution in [0.15, 0.2) is 18.2 Å². The van der Waals surface area contributed by atoms with E-state index >= 15 is 0 Å². The van der Waals surface area contributed by atoms with E-state index in [9.17, 15) is 4.79 Å². The highest BCUT2D eigenvalue weighted by Gasteiger charge is 2.22. The molecule has 110 valence electrons. The molecule has 0 radical (unpaired) electrons. The number of aryl methyl sites for hydroxylation is 1. The van der Waals surface area contributed by atoms with Crippen molar-refractivity contribution in [1.29, 1.82) is 0 Å². The van der Waals surface area contributed by atoms with Gasteiger partial charge in [0, 0.05) is 19.6 Å². The molecule has 1 aliphatic rings. The fourth-order valence-corrected chi connectivity index (χ4v) is 2.70. The van der Waals surface area contributed by atoms with Crippen LogP contribution in [-0.2, 0) is 16.0 Å². The molecule has 0 aliphatic heterocycles. The minimum Gasteiger partial charge on any atom is -0.497 e. The maximum absolute atomic E-state index is 11.8. The second-order valence-electron chi connectivity index (χ2n) is 5.28. The molecule has 0 saturated heterocycles. The van der Waals surface area contributed by atoms with Crippen molar-refractivity contribution in [3.8, 4) is 5.75 Å². The number of benzene rings is 1. The minimum absolute atomic E-state index is 0.0480. The molecule has 1 amide bonds. The molecule has 0 bridgehead atoms. The van der Waals surface area contributed by atoms with E-state index in [2.05, 4.69) is 17.4 Å². The highest BCUT2D eigenvalue weighted by Crippen LogP contribution is 2.33. The largest absolute Gasteiger partial charge is 0.497 e. The molecule has 1 aromatic rings. The smallest absolute Gasteiger partial charge is 0.248 e. The average molecular weight is 277 g/mol. The monoisotopic (exact) mass is 277 g/mol. The van der Waals surface area contributed by atoms with Crippen molar-refractivity contribution in [3.05, 3.63) is 29.3 Å². The molecule has 1 aromatic carbocycles. The second kappa shape index (κ2) is 6.75. The van der Waals surface area contributed by atoms with Gasteiger partial charge in [0.25, 0.3) is 0 Å². The number of rotatable bonds is 5. The Morgan fingerprint density at radius 3 is 2.95 bits per heavy atom. The van der Waals surface area contributed by atoms with Gasteiger partial charge >= 0.3 is 0 Å². The number of ether oxygens (including phenoxy) is 2. The van der Waals surface area contributed by atoms with Crippen LogP contribution in [0.5, 0.6) is 5.75 Å². The lowest BCUT2D eigenvalue weighted by atomic mass is 9.82. The maximum Gasteiger partial charge on any atom is 0.248 e. The summed E-state index contributed by atoms with van der Waals surface area (Å²) in [4.78, 5) is 11.8. The van der Waals surface area contributed by atoms with Gasteiger partial charge in [0.15, 0.2) is 0 Å². The van der Waals surface area contributed by atoms with Crippen molar-refractivity contribution < 1.29 is 14.3 Å². The van der Waals surface area contributed by atoms with Gasteiger partial charge in [-0.15, -0.1) is 0 Å². The molecule has 0 saturated carbocycles. The van der Waals surface area contributed by atoms with Crippen LogP contribution in [0, 0.1) is 0 Å². The predicted molar refractivity (Wildman–Crippen MR) is 78.2 cm³/mol. The standard InChI is InChI=1S/C16H23NO3/c1-11(19-2)16(18)17-10-13-6-4-5-12-9-14(20-3)7-8-15(12)13/h7-9,11,13H,4-6,10H2,1-3H3,(H,17,18)/t11-,13-/m0/s1. The third kappa shape index (κ3) is 3.31. The molecule has 20 heavy (non-hydrogen) atoms. The van der Waals surface area contributed by atoms with Crippen LogP contribution in [-0.4, -0.2) is 32.8 Å². The first-order valence-electron chi connectivity index (χ1n) is 7.13. The van der Waals surface area contributed by atoms with E-state index in [0.717, 1.165) is 25.0 Å². The Bertz CT molecular complexity index is 473. The number of hydrogen-bond acceptors (Lipinski definition) is 3. The number of amides is 1. The molecule has 0 fully saturated rings. The Kier molecular flexibility index (Phi) is 5.01. The Morgan fingerprint density at radius 1 is 1.45 bits per heavy atom. The lowest BCUT2D eigenvalue weighted by Gasteiger charge is -2.26. The Hall–Kier alpha value is -1.55. The predicted octanol–water partition coefficient (Wildman–Crippen LogP) is 2.27. The summed E-state index contributed by atoms with van der Waals surface area (Å²) in [7, 11) is 3.24. The zero-order valence-electron chi connectivity index (χ0n) is 12.4. The fourth-order valence-electron chi connectivity index (χ4n) is 2.70. The normalized spacial score (nSPS) is 19.1. The van der Waals surface area contributed by atoms with E-state index in [0.29, 0.717) is 12.5 Å². The molecular formula is C16H23NO3. The van der Waals surface area contributed by atoms with Gasteiger partial charge < -0.3 is 14.8 Å². The maximum atomic E-state index is 11.8. The SMILES string of the molecule is COc1ccc2c(c1)CCC[C@H]2CNC(=O)[C@H](C)OC. The van der Waals surface area contributed by atoms with E-state index in [4.69, 9.17) is 9.47 Å². The summed E-state index contributed by atoms with van der Waals surface area (Å²) >= 11 is 0. The van der Waals surface area contributed by atoms with E-state index in [-0.39, 0.29) is 5.91 Å². The van der Waals surface area contributed by atoms with E-state index < -0.39 is 6.10 Å². The Labute approximate surface area is 120 Å². The van der Waals surface area contributed by atoms with Gasteiger partial charge in [-0.2, -0.15) is 0 Å². The molecule has 1 aliphatic carbocycles. The number of carbonyl (C=O) groups excluding carboxylic acids is 1. The van der Waals surface area contributed by atoms with Crippen molar-refractivity contribution in [2.45, 2.75) is 38.2 Å². The molecule has 0 spiro atoms. The van der Waals surface area contributed by atoms with Crippen LogP contribution in [0.25, 0.3) is 0 Å². The van der Waals surface area contributed by atoms with Crippen LogP contribution in [0.2, 0.25) is 0 Å². The van der Waals surface area contributed by atoms with Crippen LogP contribution in [0.1, 0.15) is 36.8 Å². The van der Waals surface area contributed by atoms with Crippen molar-refractivity contribution in [2.24, 2.45) is 0 Å². The summed E-state index contributed by atoms with van der Waals surface area (Å²) in [6, 6.07) is 6.24. The van der Waals surface area contributed by atoms with Gasteiger partial charge in [0.2, 0.25) is 5.91 Å². The highest BCUT2D eigenvalue weighted by atomic mass is 16.5. The topological polar surface area (TPSA) is 47.6 Å². The van der Waals surface area contributed by atoms with Gasteiger partial charge in [-0.3, -0.25) is 4.79 Å². The van der Waals surface area contributed by atoms with E-state index in [1.165, 1.54) is 11.1 Å². The number of carbonyl (C=O) groups is 1. The van der Waals surface area contributed by atoms with Crippen LogP contribution >= 0.6 is 0 Å². The molecular weight excluding hydrogens is 254 g/mol. The summed E-state index contributed by atoms with van der Waals surface area (Å²) in [5, 5.41) is 2.98. The van der Waals surface area contributed by atoms with Gasteiger partial charge in [0.05, 0.1) is 7.11 Å². The zero-order chi connectivity index (χ0) is 14.5. The number of methoxy groups -OCH3 is 2. The molecule has 2 atom stereocenters. The molecule has 0 heterocycles. The van der Waals surface area contributed by atoms with Crippen LogP contribution in [0.4, 0.5) is 0 Å².